The number of alkyl halides is 1. The number of halogens is 1. The molecule has 1 saturated heterocycles. The molecule has 1 amide bonds. The van der Waals surface area contributed by atoms with Crippen molar-refractivity contribution in [3.8, 4) is 11.4 Å². The van der Waals surface area contributed by atoms with Crippen molar-refractivity contribution in [1.82, 2.24) is 25.1 Å². The van der Waals surface area contributed by atoms with Gasteiger partial charge in [0.1, 0.15) is 5.82 Å². The normalized spacial score (nSPS) is 19.4. The van der Waals surface area contributed by atoms with Gasteiger partial charge in [0, 0.05) is 42.9 Å². The van der Waals surface area contributed by atoms with Gasteiger partial charge < -0.3 is 4.90 Å². The average molecular weight is 365 g/mol. The van der Waals surface area contributed by atoms with Crippen LogP contribution in [0, 0.1) is 12.8 Å². The predicted octanol–water partition coefficient (Wildman–Crippen LogP) is 3.00. The molecule has 0 saturated carbocycles. The van der Waals surface area contributed by atoms with E-state index in [9.17, 15) is 9.18 Å². The fourth-order valence-electron chi connectivity index (χ4n) is 3.51. The van der Waals surface area contributed by atoms with Crippen molar-refractivity contribution in [2.75, 3.05) is 19.8 Å². The fourth-order valence-corrected chi connectivity index (χ4v) is 3.51. The van der Waals surface area contributed by atoms with Crippen LogP contribution in [0.25, 0.3) is 11.4 Å². The first-order valence-corrected chi connectivity index (χ1v) is 8.90. The minimum absolute atomic E-state index is 0.130. The average Bonchev–Trinajstić information content (AvgIpc) is 3.35. The maximum atomic E-state index is 13.7. The number of hydrogen-bond acceptors (Lipinski definition) is 4. The summed E-state index contributed by atoms with van der Waals surface area (Å²) in [6, 6.07) is 11.4. The van der Waals surface area contributed by atoms with Crippen LogP contribution in [0.3, 0.4) is 0 Å². The highest BCUT2D eigenvalue weighted by Crippen LogP contribution is 2.32. The maximum absolute atomic E-state index is 13.7. The van der Waals surface area contributed by atoms with E-state index in [-0.39, 0.29) is 17.7 Å². The number of nitrogens with one attached hydrogen (secondary N) is 1. The van der Waals surface area contributed by atoms with Crippen LogP contribution in [0.5, 0.6) is 0 Å². The first kappa shape index (κ1) is 17.3. The van der Waals surface area contributed by atoms with Gasteiger partial charge in [0.2, 0.25) is 0 Å². The van der Waals surface area contributed by atoms with E-state index in [2.05, 4.69) is 20.2 Å². The molecule has 2 aromatic heterocycles. The molecule has 2 atom stereocenters. The standard InChI is InChI=1S/C20H20FN5O/c1-13-7-15(10-22-9-13)20(27)26-11-16(8-21)17(12-26)19-23-18(24-25-19)14-5-3-2-4-6-14/h2-7,9-10,16-17H,8,11-12H2,1H3,(H,23,24,25)/t16-,17-/m1/s1. The molecule has 1 aliphatic heterocycles. The quantitative estimate of drug-likeness (QED) is 0.771. The molecule has 4 rings (SSSR count). The van der Waals surface area contributed by atoms with Gasteiger partial charge in [-0.2, -0.15) is 5.10 Å². The van der Waals surface area contributed by atoms with E-state index in [1.54, 1.807) is 23.4 Å². The number of carbonyl (C=O) groups excluding carboxylic acids is 1. The molecule has 138 valence electrons. The van der Waals surface area contributed by atoms with E-state index in [1.807, 2.05) is 37.3 Å². The Kier molecular flexibility index (Phi) is 4.66. The van der Waals surface area contributed by atoms with Crippen LogP contribution in [0.15, 0.2) is 48.8 Å². The van der Waals surface area contributed by atoms with Crippen molar-refractivity contribution in [1.29, 1.82) is 0 Å². The first-order chi connectivity index (χ1) is 13.2. The highest BCUT2D eigenvalue weighted by molar-refractivity contribution is 5.94. The Morgan fingerprint density at radius 1 is 1.26 bits per heavy atom. The van der Waals surface area contributed by atoms with Gasteiger partial charge in [-0.1, -0.05) is 30.3 Å². The highest BCUT2D eigenvalue weighted by atomic mass is 19.1. The van der Waals surface area contributed by atoms with Crippen molar-refractivity contribution >= 4 is 5.91 Å². The summed E-state index contributed by atoms with van der Waals surface area (Å²) < 4.78 is 13.7. The highest BCUT2D eigenvalue weighted by Gasteiger charge is 2.38. The van der Waals surface area contributed by atoms with Crippen molar-refractivity contribution in [2.45, 2.75) is 12.8 Å². The smallest absolute Gasteiger partial charge is 0.255 e. The third kappa shape index (κ3) is 3.45. The SMILES string of the molecule is Cc1cncc(C(=O)N2C[C@@H](CF)[C@H](c3nc(-c4ccccc4)n[nH]3)C2)c1. The predicted molar refractivity (Wildman–Crippen MR) is 98.9 cm³/mol. The van der Waals surface area contributed by atoms with Gasteiger partial charge in [-0.25, -0.2) is 4.98 Å². The topological polar surface area (TPSA) is 74.8 Å². The van der Waals surface area contributed by atoms with Crippen molar-refractivity contribution in [3.05, 3.63) is 65.7 Å². The lowest BCUT2D eigenvalue weighted by molar-refractivity contribution is 0.0784. The third-order valence-electron chi connectivity index (χ3n) is 4.93. The number of aromatic amines is 1. The van der Waals surface area contributed by atoms with Gasteiger partial charge in [0.15, 0.2) is 5.82 Å². The maximum Gasteiger partial charge on any atom is 0.255 e. The minimum atomic E-state index is -0.512. The Labute approximate surface area is 156 Å². The van der Waals surface area contributed by atoms with E-state index in [1.165, 1.54) is 0 Å². The molecule has 6 nitrogen and oxygen atoms in total. The van der Waals surface area contributed by atoms with E-state index >= 15 is 0 Å². The van der Waals surface area contributed by atoms with Crippen LogP contribution < -0.4 is 0 Å². The zero-order valence-corrected chi connectivity index (χ0v) is 15.0. The van der Waals surface area contributed by atoms with Gasteiger partial charge >= 0.3 is 0 Å². The Hall–Kier alpha value is -3.09. The van der Waals surface area contributed by atoms with Crippen molar-refractivity contribution in [3.63, 3.8) is 0 Å². The van der Waals surface area contributed by atoms with Gasteiger partial charge in [-0.15, -0.1) is 0 Å². The van der Waals surface area contributed by atoms with Gasteiger partial charge in [-0.05, 0) is 18.6 Å². The first-order valence-electron chi connectivity index (χ1n) is 8.90. The zero-order chi connectivity index (χ0) is 18.8. The zero-order valence-electron chi connectivity index (χ0n) is 15.0. The molecule has 3 heterocycles. The number of hydrogen-bond donors (Lipinski definition) is 1. The molecule has 27 heavy (non-hydrogen) atoms. The fraction of sp³-hybridized carbons (Fsp3) is 0.300. The van der Waals surface area contributed by atoms with E-state index in [0.29, 0.717) is 30.3 Å². The second-order valence-corrected chi connectivity index (χ2v) is 6.89. The molecule has 1 aliphatic rings. The van der Waals surface area contributed by atoms with Crippen LogP contribution in [0.4, 0.5) is 4.39 Å². The second-order valence-electron chi connectivity index (χ2n) is 6.89. The number of amides is 1. The third-order valence-corrected chi connectivity index (χ3v) is 4.93. The molecule has 0 unspecified atom stereocenters. The molecule has 3 aromatic rings. The second kappa shape index (κ2) is 7.26. The van der Waals surface area contributed by atoms with Gasteiger partial charge in [0.25, 0.3) is 5.91 Å². The van der Waals surface area contributed by atoms with Crippen LogP contribution in [-0.4, -0.2) is 50.7 Å². The summed E-state index contributed by atoms with van der Waals surface area (Å²) in [6.07, 6.45) is 3.25. The summed E-state index contributed by atoms with van der Waals surface area (Å²) in [6.45, 7) is 2.14. The largest absolute Gasteiger partial charge is 0.337 e. The summed E-state index contributed by atoms with van der Waals surface area (Å²) in [5, 5.41) is 7.21. The molecule has 1 aromatic carbocycles. The summed E-state index contributed by atoms with van der Waals surface area (Å²) in [7, 11) is 0. The van der Waals surface area contributed by atoms with E-state index in [4.69, 9.17) is 0 Å². The number of pyridine rings is 1. The summed E-state index contributed by atoms with van der Waals surface area (Å²) in [5.74, 6) is 0.560. The van der Waals surface area contributed by atoms with E-state index < -0.39 is 6.67 Å². The Balaban J connectivity index is 1.55. The molecular formula is C20H20FN5O. The molecule has 0 spiro atoms. The van der Waals surface area contributed by atoms with Crippen LogP contribution >= 0.6 is 0 Å². The summed E-state index contributed by atoms with van der Waals surface area (Å²) in [4.78, 5) is 23.1. The lowest BCUT2D eigenvalue weighted by Gasteiger charge is -2.16. The lowest BCUT2D eigenvalue weighted by atomic mass is 9.97. The van der Waals surface area contributed by atoms with Crippen molar-refractivity contribution < 1.29 is 9.18 Å². The number of benzene rings is 1. The number of H-pyrrole nitrogens is 1. The van der Waals surface area contributed by atoms with Crippen LogP contribution in [0.2, 0.25) is 0 Å². The number of likely N-dealkylation sites (tertiary alicyclic amines) is 1. The Morgan fingerprint density at radius 3 is 2.81 bits per heavy atom. The Morgan fingerprint density at radius 2 is 2.07 bits per heavy atom. The number of aromatic nitrogens is 4. The minimum Gasteiger partial charge on any atom is -0.337 e. The summed E-state index contributed by atoms with van der Waals surface area (Å²) in [5.41, 5.74) is 2.34. The molecular weight excluding hydrogens is 345 g/mol. The van der Waals surface area contributed by atoms with E-state index in [0.717, 1.165) is 11.1 Å². The molecule has 0 radical (unpaired) electrons. The number of carbonyl (C=O) groups is 1. The number of nitrogens with zero attached hydrogens (tertiary/aromatic N) is 4. The molecule has 1 N–H and O–H groups in total. The number of rotatable bonds is 4. The van der Waals surface area contributed by atoms with Crippen LogP contribution in [-0.2, 0) is 0 Å². The van der Waals surface area contributed by atoms with Gasteiger partial charge in [-0.3, -0.25) is 19.3 Å². The molecule has 7 heteroatoms. The monoisotopic (exact) mass is 365 g/mol. The molecule has 0 aliphatic carbocycles. The summed E-state index contributed by atoms with van der Waals surface area (Å²) >= 11 is 0. The van der Waals surface area contributed by atoms with Crippen LogP contribution in [0.1, 0.15) is 27.7 Å². The lowest BCUT2D eigenvalue weighted by Crippen LogP contribution is -2.29. The Bertz CT molecular complexity index is 942. The molecule has 1 fully saturated rings. The van der Waals surface area contributed by atoms with Crippen molar-refractivity contribution in [2.24, 2.45) is 5.92 Å². The molecule has 0 bridgehead atoms. The van der Waals surface area contributed by atoms with Gasteiger partial charge in [0.05, 0.1) is 12.2 Å². The number of aryl methyl sites for hydroxylation is 1.